The van der Waals surface area contributed by atoms with E-state index in [1.54, 1.807) is 96.1 Å². The number of hydrogen-bond donors (Lipinski definition) is 0. The minimum atomic E-state index is -0.555. The summed E-state index contributed by atoms with van der Waals surface area (Å²) >= 11 is 0. The zero-order valence-electron chi connectivity index (χ0n) is 64.3. The highest BCUT2D eigenvalue weighted by atomic mass is 16.6. The van der Waals surface area contributed by atoms with Crippen molar-refractivity contribution >= 4 is 86.5 Å². The molecule has 584 valence electrons. The molecule has 8 rings (SSSR count). The number of fused-ring (bicyclic) bond motifs is 3. The standard InChI is InChI=1S/C37H52N2O11.C25H28N2O5.C19H24N2O5/c1-27(2)34(40)10-13-45-15-17-47-19-21-49-23-24-50-22-20-48-18-16-46-14-11-35(41)38-12-9-31-25-32(26-33(36(31)38)39(43)44)29-5-7-30(8-6-29)37(42)28(3)4;1-15(2)22(28)9-10-23(29)26-12-11-19-13-20(14-21(24(19)26)27(31)32)17-5-7-18(8-6-17)25(30)16(3)4;1-11(2)16(22)5-6-17(23)20-8-7-13-9-14(19(24)12(3)4)10-15(18(13)20)21(25)26/h5-8,25-28H,9-24H2,1-4H3;5-8,13-16H,9-12H2,1-4H3;9-12H,5-8H2,1-4H3. The Morgan fingerprint density at radius 3 is 0.889 bits per heavy atom. The van der Waals surface area contributed by atoms with Crippen molar-refractivity contribution in [2.45, 2.75) is 141 Å². The van der Waals surface area contributed by atoms with Crippen molar-refractivity contribution in [3.63, 3.8) is 0 Å². The Kier molecular flexibility index (Phi) is 34.7. The molecular weight excluding hydrogens is 1390 g/mol. The monoisotopic (exact) mass is 1500 g/mol. The van der Waals surface area contributed by atoms with Crippen LogP contribution in [0, 0.1) is 65.9 Å². The number of ketones is 6. The fourth-order valence-electron chi connectivity index (χ4n) is 12.1. The van der Waals surface area contributed by atoms with Gasteiger partial charge in [-0.05, 0) is 76.4 Å². The molecule has 5 aromatic carbocycles. The van der Waals surface area contributed by atoms with E-state index in [4.69, 9.17) is 28.4 Å². The van der Waals surface area contributed by atoms with E-state index in [9.17, 15) is 73.5 Å². The topological polar surface area (TPSA) is 348 Å². The maximum Gasteiger partial charge on any atom is 0.293 e. The molecule has 0 aliphatic carbocycles. The lowest BCUT2D eigenvalue weighted by Gasteiger charge is -2.18. The van der Waals surface area contributed by atoms with Crippen LogP contribution in [0.3, 0.4) is 0 Å². The Morgan fingerprint density at radius 1 is 0.315 bits per heavy atom. The maximum atomic E-state index is 13.0. The zero-order chi connectivity index (χ0) is 79.5. The van der Waals surface area contributed by atoms with Gasteiger partial charge in [0, 0.05) is 122 Å². The summed E-state index contributed by atoms with van der Waals surface area (Å²) in [4.78, 5) is 148. The molecule has 27 heteroatoms. The number of nitro groups is 3. The van der Waals surface area contributed by atoms with E-state index in [0.29, 0.717) is 163 Å². The molecule has 0 aromatic heterocycles. The van der Waals surface area contributed by atoms with Crippen LogP contribution in [0.4, 0.5) is 34.1 Å². The quantitative estimate of drug-likeness (QED) is 0.0152. The third kappa shape index (κ3) is 25.3. The summed E-state index contributed by atoms with van der Waals surface area (Å²) in [6, 6.07) is 23.7. The van der Waals surface area contributed by atoms with Crippen LogP contribution in [0.2, 0.25) is 0 Å². The lowest BCUT2D eigenvalue weighted by molar-refractivity contribution is -0.384. The van der Waals surface area contributed by atoms with Gasteiger partial charge in [-0.3, -0.25) is 73.5 Å². The van der Waals surface area contributed by atoms with Gasteiger partial charge in [-0.25, -0.2) is 0 Å². The first-order chi connectivity index (χ1) is 51.3. The second-order valence-corrected chi connectivity index (χ2v) is 28.4. The van der Waals surface area contributed by atoms with Crippen molar-refractivity contribution in [3.8, 4) is 22.3 Å². The average Bonchev–Trinajstić information content (AvgIpc) is 1.60. The van der Waals surface area contributed by atoms with Crippen LogP contribution in [-0.4, -0.2) is 166 Å². The van der Waals surface area contributed by atoms with Gasteiger partial charge >= 0.3 is 0 Å². The van der Waals surface area contributed by atoms with E-state index in [-0.39, 0.29) is 149 Å². The van der Waals surface area contributed by atoms with Crippen LogP contribution in [0.1, 0.15) is 169 Å². The van der Waals surface area contributed by atoms with Gasteiger partial charge in [0.1, 0.15) is 34.4 Å². The minimum absolute atomic E-state index is 0.00186. The van der Waals surface area contributed by atoms with Gasteiger partial charge in [0.2, 0.25) is 17.7 Å². The molecule has 3 aliphatic rings. The van der Waals surface area contributed by atoms with E-state index in [1.807, 2.05) is 53.7 Å². The molecule has 3 aliphatic heterocycles. The molecule has 0 atom stereocenters. The molecule has 0 saturated carbocycles. The number of hydrogen-bond acceptors (Lipinski definition) is 21. The van der Waals surface area contributed by atoms with E-state index in [0.717, 1.165) is 22.3 Å². The zero-order valence-corrected chi connectivity index (χ0v) is 64.3. The molecule has 108 heavy (non-hydrogen) atoms. The molecule has 0 bridgehead atoms. The van der Waals surface area contributed by atoms with Gasteiger partial charge in [-0.15, -0.1) is 0 Å². The Balaban J connectivity index is 0.000000270. The summed E-state index contributed by atoms with van der Waals surface area (Å²) in [7, 11) is 0. The van der Waals surface area contributed by atoms with Gasteiger partial charge in [-0.2, -0.15) is 0 Å². The number of ether oxygens (including phenoxy) is 6. The second kappa shape index (κ2) is 42.9. The van der Waals surface area contributed by atoms with E-state index >= 15 is 0 Å². The molecule has 3 heterocycles. The molecule has 5 aromatic rings. The lowest BCUT2D eigenvalue weighted by atomic mass is 9.96. The van der Waals surface area contributed by atoms with Crippen molar-refractivity contribution < 1.29 is 86.3 Å². The highest BCUT2D eigenvalue weighted by Gasteiger charge is 2.37. The molecular formula is C81H104N6O21. The molecule has 0 N–H and O–H groups in total. The first kappa shape index (κ1) is 87.4. The summed E-state index contributed by atoms with van der Waals surface area (Å²) in [5.74, 6) is -1.46. The number of carbonyl (C=O) groups excluding carboxylic acids is 9. The predicted molar refractivity (Wildman–Crippen MR) is 408 cm³/mol. The molecule has 0 unspecified atom stereocenters. The minimum Gasteiger partial charge on any atom is -0.379 e. The first-order valence-corrected chi connectivity index (χ1v) is 37.1. The molecule has 3 amide bonds. The van der Waals surface area contributed by atoms with Gasteiger partial charge in [0.15, 0.2) is 17.3 Å². The number of nitro benzene ring substituents is 3. The van der Waals surface area contributed by atoms with Gasteiger partial charge in [-0.1, -0.05) is 132 Å². The fourth-order valence-corrected chi connectivity index (χ4v) is 12.1. The molecule has 0 spiro atoms. The highest BCUT2D eigenvalue weighted by Crippen LogP contribution is 2.44. The molecule has 27 nitrogen and oxygen atoms in total. The van der Waals surface area contributed by atoms with Crippen molar-refractivity contribution in [3.05, 3.63) is 149 Å². The summed E-state index contributed by atoms with van der Waals surface area (Å²) in [6.45, 7) is 27.5. The largest absolute Gasteiger partial charge is 0.379 e. The predicted octanol–water partition coefficient (Wildman–Crippen LogP) is 13.4. The average molecular weight is 1500 g/mol. The van der Waals surface area contributed by atoms with Crippen LogP contribution in [-0.2, 0) is 76.5 Å². The summed E-state index contributed by atoms with van der Waals surface area (Å²) in [6.07, 6.45) is 2.33. The van der Waals surface area contributed by atoms with E-state index in [1.165, 1.54) is 32.9 Å². The van der Waals surface area contributed by atoms with Crippen molar-refractivity contribution in [2.75, 3.05) is 114 Å². The fraction of sp³-hybridized carbons (Fsp3) is 0.519. The van der Waals surface area contributed by atoms with E-state index in [2.05, 4.69) is 0 Å². The Morgan fingerprint density at radius 2 is 0.583 bits per heavy atom. The number of rotatable bonds is 41. The van der Waals surface area contributed by atoms with Crippen molar-refractivity contribution in [1.82, 2.24) is 0 Å². The summed E-state index contributed by atoms with van der Waals surface area (Å²) < 4.78 is 32.8. The number of anilines is 3. The maximum absolute atomic E-state index is 13.0. The Hall–Kier alpha value is -9.51. The number of benzene rings is 5. The third-order valence-electron chi connectivity index (χ3n) is 18.4. The Bertz CT molecular complexity index is 4010. The summed E-state index contributed by atoms with van der Waals surface area (Å²) in [5, 5.41) is 35.4. The lowest BCUT2D eigenvalue weighted by Crippen LogP contribution is -2.30. The third-order valence-corrected chi connectivity index (χ3v) is 18.4. The van der Waals surface area contributed by atoms with Crippen molar-refractivity contribution in [2.24, 2.45) is 35.5 Å². The van der Waals surface area contributed by atoms with Crippen LogP contribution < -0.4 is 14.7 Å². The molecule has 0 radical (unpaired) electrons. The van der Waals surface area contributed by atoms with Crippen LogP contribution in [0.25, 0.3) is 22.3 Å². The van der Waals surface area contributed by atoms with Crippen LogP contribution in [0.5, 0.6) is 0 Å². The SMILES string of the molecule is CC(C)C(=O)CCC(=O)N1CCc2cc(-c3ccc(C(=O)C(C)C)cc3)cc([N+](=O)[O-])c21.CC(C)C(=O)CCC(=O)N1CCc2cc(C(=O)C(C)C)cc([N+](=O)[O-])c21.CC(C)C(=O)CCOCCOCCOCCOCCOCCOCCC(=O)N1CCc2cc(-c3ccc(C(=O)C(C)C)cc3)cc([N+](=O)[O-])c21. The molecule has 0 saturated heterocycles. The van der Waals surface area contributed by atoms with Gasteiger partial charge in [0.25, 0.3) is 17.1 Å². The number of carbonyl (C=O) groups is 9. The van der Waals surface area contributed by atoms with Gasteiger partial charge in [0.05, 0.1) is 100 Å². The Labute approximate surface area is 631 Å². The normalized spacial score (nSPS) is 12.8. The number of amides is 3. The number of Topliss-reactive ketones (excluding diaryl/α,β-unsaturated/α-hetero) is 6. The van der Waals surface area contributed by atoms with Crippen molar-refractivity contribution in [1.29, 1.82) is 0 Å². The smallest absolute Gasteiger partial charge is 0.293 e. The number of nitrogens with zero attached hydrogens (tertiary/aromatic N) is 6. The molecule has 0 fully saturated rings. The first-order valence-electron chi connectivity index (χ1n) is 37.1. The van der Waals surface area contributed by atoms with Crippen LogP contribution in [0.15, 0.2) is 84.9 Å². The highest BCUT2D eigenvalue weighted by molar-refractivity contribution is 6.05. The van der Waals surface area contributed by atoms with Gasteiger partial charge < -0.3 is 43.1 Å². The summed E-state index contributed by atoms with van der Waals surface area (Å²) in [5.41, 5.74) is 6.94. The van der Waals surface area contributed by atoms with Crippen LogP contribution >= 0.6 is 0 Å². The van der Waals surface area contributed by atoms with E-state index < -0.39 is 14.8 Å². The second-order valence-electron chi connectivity index (χ2n) is 28.4.